The molecule has 0 spiro atoms. The van der Waals surface area contributed by atoms with Gasteiger partial charge in [-0.15, -0.1) is 6.58 Å². The van der Waals surface area contributed by atoms with Crippen LogP contribution in [-0.4, -0.2) is 35.9 Å². The molecule has 0 aromatic heterocycles. The number of Topliss-reactive ketones (excluding diaryl/α,β-unsaturated/α-hetero) is 1. The van der Waals surface area contributed by atoms with Crippen LogP contribution in [0.5, 0.6) is 0 Å². The number of carbonyl (C=O) groups is 1. The van der Waals surface area contributed by atoms with Crippen LogP contribution in [0, 0.1) is 5.92 Å². The van der Waals surface area contributed by atoms with Gasteiger partial charge in [-0.1, -0.05) is 26.0 Å². The number of carbonyl (C=O) groups excluding carboxylic acids is 1. The fraction of sp³-hybridized carbons (Fsp3) is 0.706. The molecule has 3 atom stereocenters. The number of rotatable bonds is 6. The van der Waals surface area contributed by atoms with Gasteiger partial charge < -0.3 is 9.47 Å². The molecule has 0 saturated carbocycles. The SMILES string of the molecule is C=CCCC12CC(=O)C(OCC(F)(F)F)(C(C)C)C(C=C1C)O2. The Hall–Kier alpha value is -1.14. The molecule has 130 valence electrons. The fourth-order valence-electron chi connectivity index (χ4n) is 3.56. The van der Waals surface area contributed by atoms with E-state index in [0.717, 1.165) is 5.57 Å². The van der Waals surface area contributed by atoms with E-state index in [4.69, 9.17) is 9.47 Å². The first-order valence-electron chi connectivity index (χ1n) is 7.79. The van der Waals surface area contributed by atoms with Gasteiger partial charge in [0.1, 0.15) is 12.7 Å². The summed E-state index contributed by atoms with van der Waals surface area (Å²) in [4.78, 5) is 12.8. The molecule has 2 aliphatic rings. The Morgan fingerprint density at radius 2 is 2.17 bits per heavy atom. The number of ether oxygens (including phenoxy) is 2. The van der Waals surface area contributed by atoms with Crippen LogP contribution in [0.15, 0.2) is 24.3 Å². The van der Waals surface area contributed by atoms with E-state index in [1.54, 1.807) is 26.0 Å². The predicted octanol–water partition coefficient (Wildman–Crippen LogP) is 3.98. The van der Waals surface area contributed by atoms with Gasteiger partial charge in [-0.05, 0) is 31.3 Å². The van der Waals surface area contributed by atoms with Gasteiger partial charge in [0.05, 0.1) is 5.60 Å². The largest absolute Gasteiger partial charge is 0.411 e. The molecule has 0 aromatic rings. The zero-order chi connectivity index (χ0) is 17.5. The molecular formula is C17H23F3O3. The Kier molecular flexibility index (Phi) is 4.79. The van der Waals surface area contributed by atoms with Crippen molar-refractivity contribution >= 4 is 5.78 Å². The summed E-state index contributed by atoms with van der Waals surface area (Å²) in [6, 6.07) is 0. The van der Waals surface area contributed by atoms with Crippen LogP contribution in [0.2, 0.25) is 0 Å². The first-order valence-corrected chi connectivity index (χ1v) is 7.79. The third-order valence-corrected chi connectivity index (χ3v) is 4.86. The minimum absolute atomic E-state index is 0.0374. The molecule has 0 radical (unpaired) electrons. The highest BCUT2D eigenvalue weighted by Gasteiger charge is 2.61. The normalized spacial score (nSPS) is 34.0. The van der Waals surface area contributed by atoms with E-state index in [-0.39, 0.29) is 12.2 Å². The van der Waals surface area contributed by atoms with Gasteiger partial charge in [0, 0.05) is 6.42 Å². The van der Waals surface area contributed by atoms with Crippen molar-refractivity contribution in [3.05, 3.63) is 24.3 Å². The highest BCUT2D eigenvalue weighted by Crippen LogP contribution is 2.50. The van der Waals surface area contributed by atoms with Crippen molar-refractivity contribution in [2.24, 2.45) is 5.92 Å². The molecule has 2 aliphatic heterocycles. The van der Waals surface area contributed by atoms with Gasteiger partial charge in [-0.2, -0.15) is 13.2 Å². The summed E-state index contributed by atoms with van der Waals surface area (Å²) in [6.07, 6.45) is -0.474. The van der Waals surface area contributed by atoms with Crippen molar-refractivity contribution in [2.45, 2.75) is 63.5 Å². The molecule has 0 aromatic carbocycles. The molecule has 0 amide bonds. The number of fused-ring (bicyclic) bond motifs is 2. The summed E-state index contributed by atoms with van der Waals surface area (Å²) in [7, 11) is 0. The molecule has 1 saturated heterocycles. The van der Waals surface area contributed by atoms with Crippen molar-refractivity contribution in [3.63, 3.8) is 0 Å². The molecular weight excluding hydrogens is 309 g/mol. The molecule has 23 heavy (non-hydrogen) atoms. The Bertz CT molecular complexity index is 524. The van der Waals surface area contributed by atoms with Crippen LogP contribution in [0.25, 0.3) is 0 Å². The molecule has 2 heterocycles. The van der Waals surface area contributed by atoms with E-state index in [2.05, 4.69) is 6.58 Å². The molecule has 2 bridgehead atoms. The van der Waals surface area contributed by atoms with E-state index in [0.29, 0.717) is 12.8 Å². The van der Waals surface area contributed by atoms with Gasteiger partial charge in [-0.3, -0.25) is 4.79 Å². The lowest BCUT2D eigenvalue weighted by molar-refractivity contribution is -0.248. The van der Waals surface area contributed by atoms with Gasteiger partial charge in [-0.25, -0.2) is 0 Å². The number of hydrogen-bond acceptors (Lipinski definition) is 3. The second kappa shape index (κ2) is 6.06. The van der Waals surface area contributed by atoms with Crippen LogP contribution in [-0.2, 0) is 14.3 Å². The second-order valence-corrected chi connectivity index (χ2v) is 6.66. The lowest BCUT2D eigenvalue weighted by Gasteiger charge is -2.47. The van der Waals surface area contributed by atoms with Gasteiger partial charge in [0.2, 0.25) is 0 Å². The van der Waals surface area contributed by atoms with Gasteiger partial charge in [0.25, 0.3) is 0 Å². The summed E-state index contributed by atoms with van der Waals surface area (Å²) >= 11 is 0. The summed E-state index contributed by atoms with van der Waals surface area (Å²) in [5.74, 6) is -0.743. The van der Waals surface area contributed by atoms with Crippen LogP contribution >= 0.6 is 0 Å². The second-order valence-electron chi connectivity index (χ2n) is 6.66. The standard InChI is InChI=1S/C17H23F3O3/c1-5-6-7-15-9-13(21)17(11(2)3,22-10-16(18,19)20)14(23-15)8-12(15)4/h5,8,11,14H,1,6-7,9-10H2,2-4H3. The zero-order valence-electron chi connectivity index (χ0n) is 13.7. The van der Waals surface area contributed by atoms with Crippen LogP contribution in [0.3, 0.4) is 0 Å². The maximum absolute atomic E-state index is 12.8. The maximum Gasteiger partial charge on any atom is 0.411 e. The predicted molar refractivity (Wildman–Crippen MR) is 80.0 cm³/mol. The molecule has 6 heteroatoms. The van der Waals surface area contributed by atoms with E-state index in [1.807, 2.05) is 6.92 Å². The summed E-state index contributed by atoms with van der Waals surface area (Å²) in [5.41, 5.74) is -1.42. The van der Waals surface area contributed by atoms with E-state index in [9.17, 15) is 18.0 Å². The lowest BCUT2D eigenvalue weighted by Crippen LogP contribution is -2.62. The Labute approximate surface area is 134 Å². The monoisotopic (exact) mass is 332 g/mol. The Balaban J connectivity index is 2.33. The number of ketones is 1. The highest BCUT2D eigenvalue weighted by molar-refractivity contribution is 5.91. The zero-order valence-corrected chi connectivity index (χ0v) is 13.7. The van der Waals surface area contributed by atoms with Gasteiger partial charge in [0.15, 0.2) is 11.4 Å². The average molecular weight is 332 g/mol. The third kappa shape index (κ3) is 3.11. The Morgan fingerprint density at radius 1 is 1.52 bits per heavy atom. The quantitative estimate of drug-likeness (QED) is 0.690. The van der Waals surface area contributed by atoms with Gasteiger partial charge >= 0.3 is 6.18 Å². The van der Waals surface area contributed by atoms with E-state index in [1.165, 1.54) is 0 Å². The average Bonchev–Trinajstić information content (AvgIpc) is 2.69. The topological polar surface area (TPSA) is 35.5 Å². The minimum Gasteiger partial charge on any atom is -0.359 e. The number of hydrogen-bond donors (Lipinski definition) is 0. The summed E-state index contributed by atoms with van der Waals surface area (Å²) in [5, 5.41) is 0. The molecule has 3 unspecified atom stereocenters. The van der Waals surface area contributed by atoms with Crippen molar-refractivity contribution in [1.82, 2.24) is 0 Å². The first kappa shape index (κ1) is 18.2. The third-order valence-electron chi connectivity index (χ3n) is 4.86. The molecule has 0 N–H and O–H groups in total. The summed E-state index contributed by atoms with van der Waals surface area (Å²) < 4.78 is 49.1. The fourth-order valence-corrected chi connectivity index (χ4v) is 3.56. The van der Waals surface area contributed by atoms with E-state index < -0.39 is 36.0 Å². The van der Waals surface area contributed by atoms with Crippen molar-refractivity contribution < 1.29 is 27.4 Å². The number of allylic oxidation sites excluding steroid dienone is 1. The van der Waals surface area contributed by atoms with Crippen LogP contribution in [0.4, 0.5) is 13.2 Å². The highest BCUT2D eigenvalue weighted by atomic mass is 19.4. The lowest BCUT2D eigenvalue weighted by atomic mass is 9.75. The van der Waals surface area contributed by atoms with Crippen molar-refractivity contribution in [1.29, 1.82) is 0 Å². The van der Waals surface area contributed by atoms with Crippen molar-refractivity contribution in [2.75, 3.05) is 6.61 Å². The van der Waals surface area contributed by atoms with Crippen LogP contribution < -0.4 is 0 Å². The van der Waals surface area contributed by atoms with E-state index >= 15 is 0 Å². The minimum atomic E-state index is -4.49. The molecule has 0 aliphatic carbocycles. The maximum atomic E-state index is 12.8. The molecule has 1 fully saturated rings. The van der Waals surface area contributed by atoms with Crippen molar-refractivity contribution in [3.8, 4) is 0 Å². The number of alkyl halides is 3. The Morgan fingerprint density at radius 3 is 2.70 bits per heavy atom. The smallest absolute Gasteiger partial charge is 0.359 e. The van der Waals surface area contributed by atoms with Crippen LogP contribution in [0.1, 0.15) is 40.0 Å². The first-order chi connectivity index (χ1) is 10.6. The summed E-state index contributed by atoms with van der Waals surface area (Å²) in [6.45, 7) is 7.46. The molecule has 2 rings (SSSR count). The molecule has 3 nitrogen and oxygen atoms in total. The number of halogens is 3.